The summed E-state index contributed by atoms with van der Waals surface area (Å²) in [6.07, 6.45) is 3.41. The van der Waals surface area contributed by atoms with Crippen molar-refractivity contribution in [2.24, 2.45) is 0 Å². The fourth-order valence-corrected chi connectivity index (χ4v) is 1.99. The van der Waals surface area contributed by atoms with Crippen LogP contribution in [0.5, 0.6) is 0 Å². The summed E-state index contributed by atoms with van der Waals surface area (Å²) in [5.74, 6) is 1.77. The molecule has 3 rings (SSSR count). The van der Waals surface area contributed by atoms with Crippen LogP contribution in [-0.4, -0.2) is 43.1 Å². The van der Waals surface area contributed by atoms with Crippen LogP contribution in [0.25, 0.3) is 0 Å². The zero-order valence-corrected chi connectivity index (χ0v) is 10.5. The minimum Gasteiger partial charge on any atom is -0.338 e. The van der Waals surface area contributed by atoms with E-state index < -0.39 is 0 Å². The Hall–Kier alpha value is -1.76. The molecule has 0 atom stereocenters. The first-order chi connectivity index (χ1) is 8.72. The van der Waals surface area contributed by atoms with Gasteiger partial charge in [-0.2, -0.15) is 20.0 Å². The fraction of sp³-hybridized carbons (Fsp3) is 0.636. The second kappa shape index (κ2) is 4.49. The van der Waals surface area contributed by atoms with Gasteiger partial charge in [0.1, 0.15) is 0 Å². The molecule has 0 aromatic carbocycles. The number of rotatable bonds is 4. The minimum atomic E-state index is 0.305. The largest absolute Gasteiger partial charge is 0.338 e. The van der Waals surface area contributed by atoms with Crippen molar-refractivity contribution in [3.8, 4) is 0 Å². The van der Waals surface area contributed by atoms with Gasteiger partial charge >= 0.3 is 0 Å². The quantitative estimate of drug-likeness (QED) is 0.798. The molecule has 1 fully saturated rings. The Balaban J connectivity index is 1.53. The molecule has 0 spiro atoms. The monoisotopic (exact) mass is 248 g/mol. The lowest BCUT2D eigenvalue weighted by Gasteiger charge is -2.37. The average molecular weight is 248 g/mol. The lowest BCUT2D eigenvalue weighted by Crippen LogP contribution is -2.47. The summed E-state index contributed by atoms with van der Waals surface area (Å²) in [4.78, 5) is 8.36. The second-order valence-electron chi connectivity index (χ2n) is 4.90. The third kappa shape index (κ3) is 2.13. The number of aromatic nitrogens is 5. The van der Waals surface area contributed by atoms with Gasteiger partial charge < -0.3 is 4.52 Å². The van der Waals surface area contributed by atoms with Gasteiger partial charge in [-0.1, -0.05) is 19.0 Å². The second-order valence-corrected chi connectivity index (χ2v) is 4.90. The van der Waals surface area contributed by atoms with Crippen molar-refractivity contribution in [2.45, 2.75) is 32.4 Å². The Bertz CT molecular complexity index is 499. The summed E-state index contributed by atoms with van der Waals surface area (Å²) in [5, 5.41) is 12.2. The van der Waals surface area contributed by atoms with Crippen molar-refractivity contribution in [2.75, 3.05) is 13.1 Å². The van der Waals surface area contributed by atoms with E-state index >= 15 is 0 Å². The van der Waals surface area contributed by atoms with Crippen molar-refractivity contribution >= 4 is 0 Å². The molecule has 96 valence electrons. The summed E-state index contributed by atoms with van der Waals surface area (Å²) in [6.45, 7) is 6.66. The summed E-state index contributed by atoms with van der Waals surface area (Å²) in [5.41, 5.74) is 0. The third-order valence-corrected chi connectivity index (χ3v) is 3.06. The number of nitrogens with zero attached hydrogens (tertiary/aromatic N) is 6. The van der Waals surface area contributed by atoms with Crippen LogP contribution in [0.3, 0.4) is 0 Å². The van der Waals surface area contributed by atoms with E-state index in [4.69, 9.17) is 4.52 Å². The van der Waals surface area contributed by atoms with Crippen LogP contribution < -0.4 is 0 Å². The topological polar surface area (TPSA) is 72.9 Å². The van der Waals surface area contributed by atoms with E-state index in [1.807, 2.05) is 0 Å². The molecule has 7 nitrogen and oxygen atoms in total. The number of hydrogen-bond donors (Lipinski definition) is 0. The number of likely N-dealkylation sites (tertiary alicyclic amines) is 1. The van der Waals surface area contributed by atoms with Crippen LogP contribution in [0, 0.1) is 0 Å². The first kappa shape index (κ1) is 11.3. The molecule has 0 amide bonds. The smallest absolute Gasteiger partial charge is 0.240 e. The van der Waals surface area contributed by atoms with Crippen LogP contribution >= 0.6 is 0 Å². The third-order valence-electron chi connectivity index (χ3n) is 3.06. The van der Waals surface area contributed by atoms with Crippen LogP contribution in [0.1, 0.15) is 37.5 Å². The zero-order valence-electron chi connectivity index (χ0n) is 10.5. The fourth-order valence-electron chi connectivity index (χ4n) is 1.99. The average Bonchev–Trinajstić information content (AvgIpc) is 2.94. The van der Waals surface area contributed by atoms with Gasteiger partial charge in [-0.25, -0.2) is 0 Å². The van der Waals surface area contributed by atoms with Gasteiger partial charge in [0.05, 0.1) is 25.0 Å². The minimum absolute atomic E-state index is 0.305. The van der Waals surface area contributed by atoms with Gasteiger partial charge in [0.25, 0.3) is 0 Å². The molecule has 2 aromatic heterocycles. The molecule has 7 heteroatoms. The Labute approximate surface area is 105 Å². The van der Waals surface area contributed by atoms with E-state index in [0.717, 1.165) is 18.9 Å². The highest BCUT2D eigenvalue weighted by Gasteiger charge is 2.30. The molecular weight excluding hydrogens is 232 g/mol. The summed E-state index contributed by atoms with van der Waals surface area (Å²) in [7, 11) is 0. The summed E-state index contributed by atoms with van der Waals surface area (Å²) in [6, 6.07) is 0.368. The molecule has 0 bridgehead atoms. The van der Waals surface area contributed by atoms with E-state index in [1.54, 1.807) is 17.2 Å². The van der Waals surface area contributed by atoms with Gasteiger partial charge in [-0.3, -0.25) is 4.90 Å². The molecule has 0 aliphatic carbocycles. The molecular formula is C11H16N6O. The Morgan fingerprint density at radius 1 is 1.33 bits per heavy atom. The molecule has 18 heavy (non-hydrogen) atoms. The molecule has 0 saturated carbocycles. The Morgan fingerprint density at radius 3 is 2.67 bits per heavy atom. The molecule has 1 aliphatic rings. The van der Waals surface area contributed by atoms with E-state index in [9.17, 15) is 0 Å². The maximum absolute atomic E-state index is 5.22. The molecule has 1 aliphatic heterocycles. The highest BCUT2D eigenvalue weighted by molar-refractivity contribution is 4.93. The normalized spacial score (nSPS) is 17.3. The van der Waals surface area contributed by atoms with Crippen molar-refractivity contribution < 1.29 is 4.52 Å². The molecule has 0 unspecified atom stereocenters. The van der Waals surface area contributed by atoms with Crippen LogP contribution in [-0.2, 0) is 6.54 Å². The highest BCUT2D eigenvalue weighted by Crippen LogP contribution is 2.21. The maximum atomic E-state index is 5.22. The van der Waals surface area contributed by atoms with Crippen molar-refractivity contribution in [3.63, 3.8) is 0 Å². The highest BCUT2D eigenvalue weighted by atomic mass is 16.5. The molecule has 2 aromatic rings. The molecule has 3 heterocycles. The van der Waals surface area contributed by atoms with E-state index in [1.165, 1.54) is 0 Å². The van der Waals surface area contributed by atoms with Gasteiger partial charge in [0, 0.05) is 19.0 Å². The van der Waals surface area contributed by atoms with Crippen LogP contribution in [0.15, 0.2) is 16.9 Å². The summed E-state index contributed by atoms with van der Waals surface area (Å²) >= 11 is 0. The van der Waals surface area contributed by atoms with E-state index in [0.29, 0.717) is 24.4 Å². The standard InChI is InChI=1S/C11H16N6O/c1-8(2)11-14-10(18-15-11)7-16-5-9(6-16)17-12-3-4-13-17/h3-4,8-9H,5-7H2,1-2H3. The van der Waals surface area contributed by atoms with E-state index in [2.05, 4.69) is 39.1 Å². The van der Waals surface area contributed by atoms with Crippen molar-refractivity contribution in [1.82, 2.24) is 30.0 Å². The molecule has 1 saturated heterocycles. The SMILES string of the molecule is CC(C)c1noc(CN2CC(n3nccn3)C2)n1. The predicted octanol–water partition coefficient (Wildman–Crippen LogP) is 0.841. The predicted molar refractivity (Wildman–Crippen MR) is 62.7 cm³/mol. The van der Waals surface area contributed by atoms with Gasteiger partial charge in [-0.05, 0) is 0 Å². The van der Waals surface area contributed by atoms with Crippen LogP contribution in [0.4, 0.5) is 0 Å². The molecule has 0 radical (unpaired) electrons. The summed E-state index contributed by atoms with van der Waals surface area (Å²) < 4.78 is 5.22. The maximum Gasteiger partial charge on any atom is 0.240 e. The van der Waals surface area contributed by atoms with E-state index in [-0.39, 0.29) is 0 Å². The van der Waals surface area contributed by atoms with Gasteiger partial charge in [-0.15, -0.1) is 0 Å². The zero-order chi connectivity index (χ0) is 12.5. The number of hydrogen-bond acceptors (Lipinski definition) is 6. The Morgan fingerprint density at radius 2 is 2.06 bits per heavy atom. The first-order valence-corrected chi connectivity index (χ1v) is 6.13. The van der Waals surface area contributed by atoms with Crippen molar-refractivity contribution in [3.05, 3.63) is 24.1 Å². The Kier molecular flexibility index (Phi) is 2.83. The van der Waals surface area contributed by atoms with Gasteiger partial charge in [0.2, 0.25) is 5.89 Å². The first-order valence-electron chi connectivity index (χ1n) is 6.13. The molecule has 0 N–H and O–H groups in total. The van der Waals surface area contributed by atoms with Gasteiger partial charge in [0.15, 0.2) is 5.82 Å². The lowest BCUT2D eigenvalue weighted by atomic mass is 10.1. The van der Waals surface area contributed by atoms with Crippen molar-refractivity contribution in [1.29, 1.82) is 0 Å². The van der Waals surface area contributed by atoms with Crippen LogP contribution in [0.2, 0.25) is 0 Å². The lowest BCUT2D eigenvalue weighted by molar-refractivity contribution is 0.0705.